The van der Waals surface area contributed by atoms with Crippen molar-refractivity contribution in [1.82, 2.24) is 10.2 Å². The van der Waals surface area contributed by atoms with Gasteiger partial charge in [-0.1, -0.05) is 79.6 Å². The molecule has 0 spiro atoms. The summed E-state index contributed by atoms with van der Waals surface area (Å²) in [4.78, 5) is 16.0. The number of benzene rings is 3. The van der Waals surface area contributed by atoms with Crippen LogP contribution >= 0.6 is 0 Å². The molecule has 1 amide bonds. The van der Waals surface area contributed by atoms with Crippen molar-refractivity contribution >= 4 is 5.91 Å². The largest absolute Gasteiger partial charge is 0.496 e. The number of likely N-dealkylation sites (N-methyl/N-ethyl adjacent to an activating group) is 1. The fourth-order valence-electron chi connectivity index (χ4n) is 5.06. The van der Waals surface area contributed by atoms with Crippen molar-refractivity contribution in [2.75, 3.05) is 21.2 Å². The lowest BCUT2D eigenvalue weighted by Gasteiger charge is -2.44. The fraction of sp³-hybridized carbons (Fsp3) is 0.321. The number of carbonyl (C=O) groups excluding carboxylic acids is 1. The Balaban J connectivity index is 1.73. The lowest BCUT2D eigenvalue weighted by molar-refractivity contribution is 0.0764. The molecule has 4 heteroatoms. The number of hydrogen-bond acceptors (Lipinski definition) is 3. The van der Waals surface area contributed by atoms with E-state index in [0.717, 1.165) is 29.5 Å². The highest BCUT2D eigenvalue weighted by Crippen LogP contribution is 2.43. The first kappa shape index (κ1) is 22.1. The molecule has 1 atom stereocenters. The minimum atomic E-state index is -0.112. The van der Waals surface area contributed by atoms with E-state index >= 15 is 0 Å². The number of rotatable bonds is 7. The highest BCUT2D eigenvalue weighted by Gasteiger charge is 2.44. The summed E-state index contributed by atoms with van der Waals surface area (Å²) in [6, 6.07) is 26.2. The molecule has 0 aromatic heterocycles. The van der Waals surface area contributed by atoms with E-state index in [1.165, 1.54) is 12.8 Å². The van der Waals surface area contributed by atoms with E-state index in [1.807, 2.05) is 54.6 Å². The number of hydrogen-bond donors (Lipinski definition) is 1. The van der Waals surface area contributed by atoms with Gasteiger partial charge in [-0.2, -0.15) is 0 Å². The van der Waals surface area contributed by atoms with Crippen molar-refractivity contribution < 1.29 is 9.53 Å². The first-order valence-electron chi connectivity index (χ1n) is 11.3. The molecule has 1 N–H and O–H groups in total. The molecule has 1 fully saturated rings. The number of nitrogens with zero attached hydrogens (tertiary/aromatic N) is 1. The van der Waals surface area contributed by atoms with E-state index < -0.39 is 0 Å². The summed E-state index contributed by atoms with van der Waals surface area (Å²) in [7, 11) is 5.87. The Morgan fingerprint density at radius 3 is 2.12 bits per heavy atom. The summed E-state index contributed by atoms with van der Waals surface area (Å²) in [5.74, 6) is 0.473. The van der Waals surface area contributed by atoms with Crippen LogP contribution in [0.25, 0.3) is 11.1 Å². The summed E-state index contributed by atoms with van der Waals surface area (Å²) in [6.45, 7) is 0. The van der Waals surface area contributed by atoms with Crippen molar-refractivity contribution in [2.45, 2.75) is 37.3 Å². The Hall–Kier alpha value is -3.11. The zero-order valence-electron chi connectivity index (χ0n) is 19.2. The maximum absolute atomic E-state index is 13.7. The molecule has 32 heavy (non-hydrogen) atoms. The van der Waals surface area contributed by atoms with E-state index in [2.05, 4.69) is 48.6 Å². The first-order valence-corrected chi connectivity index (χ1v) is 11.3. The second-order valence-corrected chi connectivity index (χ2v) is 8.80. The minimum Gasteiger partial charge on any atom is -0.496 e. The van der Waals surface area contributed by atoms with Gasteiger partial charge < -0.3 is 15.0 Å². The second kappa shape index (κ2) is 9.58. The summed E-state index contributed by atoms with van der Waals surface area (Å²) >= 11 is 0. The third-order valence-corrected chi connectivity index (χ3v) is 6.86. The van der Waals surface area contributed by atoms with Crippen LogP contribution in [0.2, 0.25) is 0 Å². The normalized spacial score (nSPS) is 16.0. The van der Waals surface area contributed by atoms with Gasteiger partial charge in [0.15, 0.2) is 0 Å². The Morgan fingerprint density at radius 2 is 1.53 bits per heavy atom. The Kier molecular flexibility index (Phi) is 6.61. The van der Waals surface area contributed by atoms with Gasteiger partial charge in [0.25, 0.3) is 5.91 Å². The monoisotopic (exact) mass is 428 g/mol. The lowest BCUT2D eigenvalue weighted by Crippen LogP contribution is -2.53. The van der Waals surface area contributed by atoms with Crippen LogP contribution in [-0.4, -0.2) is 37.6 Å². The molecule has 0 bridgehead atoms. The van der Waals surface area contributed by atoms with Gasteiger partial charge in [-0.25, -0.2) is 0 Å². The molecular formula is C28H32N2O2. The number of amides is 1. The van der Waals surface area contributed by atoms with E-state index in [9.17, 15) is 4.79 Å². The molecule has 0 aliphatic heterocycles. The van der Waals surface area contributed by atoms with Crippen LogP contribution in [0.4, 0.5) is 0 Å². The molecule has 166 valence electrons. The summed E-state index contributed by atoms with van der Waals surface area (Å²) in [5.41, 5.74) is 3.65. The van der Waals surface area contributed by atoms with E-state index in [4.69, 9.17) is 4.74 Å². The van der Waals surface area contributed by atoms with Crippen molar-refractivity contribution in [3.05, 3.63) is 90.0 Å². The van der Waals surface area contributed by atoms with Gasteiger partial charge in [-0.05, 0) is 55.8 Å². The molecule has 1 aliphatic rings. The molecule has 4 rings (SSSR count). The Bertz CT molecular complexity index is 1040. The van der Waals surface area contributed by atoms with Crippen LogP contribution < -0.4 is 10.1 Å². The molecule has 1 aliphatic carbocycles. The quantitative estimate of drug-likeness (QED) is 0.524. The molecule has 0 saturated heterocycles. The average Bonchev–Trinajstić information content (AvgIpc) is 3.34. The zero-order chi connectivity index (χ0) is 22.6. The van der Waals surface area contributed by atoms with E-state index in [0.29, 0.717) is 11.3 Å². The smallest absolute Gasteiger partial charge is 0.255 e. The van der Waals surface area contributed by atoms with Crippen molar-refractivity contribution in [2.24, 2.45) is 0 Å². The SMILES string of the molecule is COc1ccc(-c2ccccc2)cc1C(=O)NC(c1ccccc1)C1(N(C)C)CCCC1. The van der Waals surface area contributed by atoms with Gasteiger partial charge in [-0.3, -0.25) is 4.79 Å². The van der Waals surface area contributed by atoms with Crippen LogP contribution in [0, 0.1) is 0 Å². The first-order chi connectivity index (χ1) is 15.5. The molecule has 4 nitrogen and oxygen atoms in total. The summed E-state index contributed by atoms with van der Waals surface area (Å²) in [6.07, 6.45) is 4.45. The molecule has 1 saturated carbocycles. The van der Waals surface area contributed by atoms with Gasteiger partial charge in [0.1, 0.15) is 5.75 Å². The highest BCUT2D eigenvalue weighted by molar-refractivity contribution is 5.98. The molecular weight excluding hydrogens is 396 g/mol. The fourth-order valence-corrected chi connectivity index (χ4v) is 5.06. The van der Waals surface area contributed by atoms with Crippen molar-refractivity contribution in [3.63, 3.8) is 0 Å². The standard InChI is InChI=1S/C28H32N2O2/c1-30(2)28(18-10-11-19-28)26(22-14-8-5-9-15-22)29-27(31)24-20-23(16-17-25(24)32-3)21-12-6-4-7-13-21/h4-9,12-17,20,26H,10-11,18-19H2,1-3H3,(H,29,31). The summed E-state index contributed by atoms with van der Waals surface area (Å²) in [5, 5.41) is 3.41. The maximum Gasteiger partial charge on any atom is 0.255 e. The predicted molar refractivity (Wildman–Crippen MR) is 130 cm³/mol. The number of ether oxygens (including phenoxy) is 1. The van der Waals surface area contributed by atoms with Crippen LogP contribution in [0.5, 0.6) is 5.75 Å². The molecule has 0 radical (unpaired) electrons. The molecule has 0 heterocycles. The van der Waals surface area contributed by atoms with Crippen LogP contribution in [0.1, 0.15) is 47.6 Å². The third-order valence-electron chi connectivity index (χ3n) is 6.86. The lowest BCUT2D eigenvalue weighted by atomic mass is 9.82. The Labute approximate surface area is 191 Å². The van der Waals surface area contributed by atoms with Crippen molar-refractivity contribution in [1.29, 1.82) is 0 Å². The number of nitrogens with one attached hydrogen (secondary N) is 1. The van der Waals surface area contributed by atoms with Gasteiger partial charge in [-0.15, -0.1) is 0 Å². The number of carbonyl (C=O) groups is 1. The topological polar surface area (TPSA) is 41.6 Å². The molecule has 1 unspecified atom stereocenters. The van der Waals surface area contributed by atoms with Gasteiger partial charge in [0.2, 0.25) is 0 Å². The average molecular weight is 429 g/mol. The maximum atomic E-state index is 13.7. The number of methoxy groups -OCH3 is 1. The van der Waals surface area contributed by atoms with Gasteiger partial charge in [0, 0.05) is 5.54 Å². The molecule has 3 aromatic carbocycles. The van der Waals surface area contributed by atoms with E-state index in [1.54, 1.807) is 7.11 Å². The van der Waals surface area contributed by atoms with Crippen molar-refractivity contribution in [3.8, 4) is 16.9 Å². The Morgan fingerprint density at radius 1 is 0.906 bits per heavy atom. The zero-order valence-corrected chi connectivity index (χ0v) is 19.2. The van der Waals surface area contributed by atoms with Crippen LogP contribution in [0.3, 0.4) is 0 Å². The van der Waals surface area contributed by atoms with E-state index in [-0.39, 0.29) is 17.5 Å². The highest BCUT2D eigenvalue weighted by atomic mass is 16.5. The predicted octanol–water partition coefficient (Wildman–Crippen LogP) is 5.71. The molecule has 3 aromatic rings. The minimum absolute atomic E-state index is 0.110. The van der Waals surface area contributed by atoms with Crippen LogP contribution in [-0.2, 0) is 0 Å². The summed E-state index contributed by atoms with van der Waals surface area (Å²) < 4.78 is 5.57. The third kappa shape index (κ3) is 4.28. The van der Waals surface area contributed by atoms with Gasteiger partial charge in [0.05, 0.1) is 18.7 Å². The second-order valence-electron chi connectivity index (χ2n) is 8.80. The van der Waals surface area contributed by atoms with Crippen LogP contribution in [0.15, 0.2) is 78.9 Å². The van der Waals surface area contributed by atoms with Gasteiger partial charge >= 0.3 is 0 Å².